The van der Waals surface area contributed by atoms with Gasteiger partial charge < -0.3 is 10.6 Å². The molecule has 0 unspecified atom stereocenters. The number of halogens is 2. The molecule has 0 fully saturated rings. The molecule has 104 valence electrons. The van der Waals surface area contributed by atoms with Crippen LogP contribution in [0.4, 0.5) is 16.2 Å². The van der Waals surface area contributed by atoms with Crippen LogP contribution in [0.5, 0.6) is 0 Å². The van der Waals surface area contributed by atoms with Crippen LogP contribution < -0.4 is 10.6 Å². The first-order valence-electron chi connectivity index (χ1n) is 6.06. The first-order valence-corrected chi connectivity index (χ1v) is 7.23. The van der Waals surface area contributed by atoms with Crippen LogP contribution in [0.1, 0.15) is 11.1 Å². The third-order valence-corrected chi connectivity index (χ3v) is 3.65. The minimum absolute atomic E-state index is 0.292. The Bertz CT molecular complexity index is 618. The van der Waals surface area contributed by atoms with Gasteiger partial charge in [0.2, 0.25) is 0 Å². The molecule has 0 aliphatic heterocycles. The number of hydrogen-bond donors (Lipinski definition) is 2. The van der Waals surface area contributed by atoms with E-state index in [2.05, 4.69) is 26.6 Å². The third-order valence-electron chi connectivity index (χ3n) is 2.77. The van der Waals surface area contributed by atoms with Crippen LogP contribution in [0.25, 0.3) is 0 Å². The van der Waals surface area contributed by atoms with Crippen LogP contribution in [0.3, 0.4) is 0 Å². The molecule has 0 saturated heterocycles. The molecular formula is C15H14BrClN2O. The highest BCUT2D eigenvalue weighted by molar-refractivity contribution is 9.10. The van der Waals surface area contributed by atoms with E-state index in [0.717, 1.165) is 21.3 Å². The van der Waals surface area contributed by atoms with Crippen molar-refractivity contribution in [2.45, 2.75) is 13.8 Å². The lowest BCUT2D eigenvalue weighted by Crippen LogP contribution is -2.20. The molecule has 20 heavy (non-hydrogen) atoms. The maximum atomic E-state index is 12.0. The first-order chi connectivity index (χ1) is 9.45. The minimum Gasteiger partial charge on any atom is -0.308 e. The number of rotatable bonds is 2. The predicted molar refractivity (Wildman–Crippen MR) is 87.7 cm³/mol. The Hall–Kier alpha value is -1.52. The average molecular weight is 354 g/mol. The Balaban J connectivity index is 2.10. The molecule has 0 aliphatic carbocycles. The largest absolute Gasteiger partial charge is 0.323 e. The molecule has 0 spiro atoms. The van der Waals surface area contributed by atoms with Crippen molar-refractivity contribution in [1.82, 2.24) is 0 Å². The SMILES string of the molecule is Cc1cc(C)c(NC(=O)Nc2ccc(Cl)cc2)c(Br)c1. The highest BCUT2D eigenvalue weighted by Gasteiger charge is 2.09. The molecule has 0 aromatic heterocycles. The minimum atomic E-state index is -0.292. The van der Waals surface area contributed by atoms with Crippen molar-refractivity contribution in [3.63, 3.8) is 0 Å². The number of nitrogens with one attached hydrogen (secondary N) is 2. The fourth-order valence-electron chi connectivity index (χ4n) is 1.88. The topological polar surface area (TPSA) is 41.1 Å². The van der Waals surface area contributed by atoms with E-state index >= 15 is 0 Å². The quantitative estimate of drug-likeness (QED) is 0.749. The standard InChI is InChI=1S/C15H14BrClN2O/c1-9-7-10(2)14(13(16)8-9)19-15(20)18-12-5-3-11(17)4-6-12/h3-8H,1-2H3,(H2,18,19,20). The van der Waals surface area contributed by atoms with Crippen molar-refractivity contribution in [2.75, 3.05) is 10.6 Å². The van der Waals surface area contributed by atoms with Crippen LogP contribution >= 0.6 is 27.5 Å². The monoisotopic (exact) mass is 352 g/mol. The van der Waals surface area contributed by atoms with E-state index < -0.39 is 0 Å². The van der Waals surface area contributed by atoms with Crippen molar-refractivity contribution >= 4 is 44.9 Å². The average Bonchev–Trinajstić information content (AvgIpc) is 2.36. The summed E-state index contributed by atoms with van der Waals surface area (Å²) in [5.41, 5.74) is 3.59. The second-order valence-corrected chi connectivity index (χ2v) is 5.82. The Morgan fingerprint density at radius 2 is 1.75 bits per heavy atom. The van der Waals surface area contributed by atoms with Crippen LogP contribution in [0, 0.1) is 13.8 Å². The summed E-state index contributed by atoms with van der Waals surface area (Å²) >= 11 is 9.26. The molecule has 2 amide bonds. The van der Waals surface area contributed by atoms with Crippen LogP contribution in [0.15, 0.2) is 40.9 Å². The van der Waals surface area contributed by atoms with E-state index in [1.807, 2.05) is 26.0 Å². The van der Waals surface area contributed by atoms with Gasteiger partial charge in [-0.1, -0.05) is 17.7 Å². The molecule has 0 atom stereocenters. The summed E-state index contributed by atoms with van der Waals surface area (Å²) in [4.78, 5) is 12.0. The van der Waals surface area contributed by atoms with Gasteiger partial charge in [0.1, 0.15) is 0 Å². The fourth-order valence-corrected chi connectivity index (χ4v) is 2.78. The highest BCUT2D eigenvalue weighted by atomic mass is 79.9. The molecule has 0 aliphatic rings. The number of anilines is 2. The third kappa shape index (κ3) is 3.74. The fraction of sp³-hybridized carbons (Fsp3) is 0.133. The van der Waals surface area contributed by atoms with Gasteiger partial charge in [-0.25, -0.2) is 4.79 Å². The number of hydrogen-bond acceptors (Lipinski definition) is 1. The molecule has 0 heterocycles. The lowest BCUT2D eigenvalue weighted by Gasteiger charge is -2.12. The number of aryl methyl sites for hydroxylation is 2. The van der Waals surface area contributed by atoms with Gasteiger partial charge in [0.15, 0.2) is 0 Å². The van der Waals surface area contributed by atoms with E-state index in [0.29, 0.717) is 10.7 Å². The van der Waals surface area contributed by atoms with Crippen LogP contribution in [0.2, 0.25) is 5.02 Å². The summed E-state index contributed by atoms with van der Waals surface area (Å²) in [5, 5.41) is 6.23. The van der Waals surface area contributed by atoms with E-state index in [9.17, 15) is 4.79 Å². The summed E-state index contributed by atoms with van der Waals surface area (Å²) < 4.78 is 0.862. The number of carbonyl (C=O) groups excluding carboxylic acids is 1. The van der Waals surface area contributed by atoms with Crippen molar-refractivity contribution in [2.24, 2.45) is 0 Å². The Morgan fingerprint density at radius 3 is 2.35 bits per heavy atom. The Morgan fingerprint density at radius 1 is 1.10 bits per heavy atom. The van der Waals surface area contributed by atoms with Crippen LogP contribution in [-0.2, 0) is 0 Å². The summed E-state index contributed by atoms with van der Waals surface area (Å²) in [6.07, 6.45) is 0. The van der Waals surface area contributed by atoms with E-state index in [-0.39, 0.29) is 6.03 Å². The number of urea groups is 1. The first kappa shape index (κ1) is 14.9. The molecule has 0 saturated carbocycles. The highest BCUT2D eigenvalue weighted by Crippen LogP contribution is 2.28. The molecule has 2 aromatic rings. The smallest absolute Gasteiger partial charge is 0.308 e. The zero-order valence-corrected chi connectivity index (χ0v) is 13.5. The normalized spacial score (nSPS) is 10.2. The number of amides is 2. The Kier molecular flexibility index (Phi) is 4.68. The molecule has 2 aromatic carbocycles. The summed E-state index contributed by atoms with van der Waals surface area (Å²) in [6.45, 7) is 3.96. The van der Waals surface area contributed by atoms with Gasteiger partial charge in [0, 0.05) is 15.2 Å². The van der Waals surface area contributed by atoms with Crippen LogP contribution in [-0.4, -0.2) is 6.03 Å². The van der Waals surface area contributed by atoms with Gasteiger partial charge in [-0.2, -0.15) is 0 Å². The lowest BCUT2D eigenvalue weighted by atomic mass is 10.1. The number of benzene rings is 2. The van der Waals surface area contributed by atoms with Gasteiger partial charge >= 0.3 is 6.03 Å². The van der Waals surface area contributed by atoms with Crippen molar-refractivity contribution in [3.05, 3.63) is 57.0 Å². The maximum absolute atomic E-state index is 12.0. The summed E-state index contributed by atoms with van der Waals surface area (Å²) in [7, 11) is 0. The summed E-state index contributed by atoms with van der Waals surface area (Å²) in [6, 6.07) is 10.6. The van der Waals surface area contributed by atoms with Crippen molar-refractivity contribution in [1.29, 1.82) is 0 Å². The zero-order chi connectivity index (χ0) is 14.7. The molecular weight excluding hydrogens is 340 g/mol. The van der Waals surface area contributed by atoms with Gasteiger partial charge in [-0.3, -0.25) is 0 Å². The van der Waals surface area contributed by atoms with E-state index in [1.54, 1.807) is 24.3 Å². The van der Waals surface area contributed by atoms with E-state index in [4.69, 9.17) is 11.6 Å². The van der Waals surface area contributed by atoms with Gasteiger partial charge in [0.05, 0.1) is 5.69 Å². The zero-order valence-electron chi connectivity index (χ0n) is 11.1. The molecule has 2 rings (SSSR count). The molecule has 0 bridgehead atoms. The van der Waals surface area contributed by atoms with Crippen molar-refractivity contribution in [3.8, 4) is 0 Å². The molecule has 3 nitrogen and oxygen atoms in total. The molecule has 5 heteroatoms. The summed E-state index contributed by atoms with van der Waals surface area (Å²) in [5.74, 6) is 0. The lowest BCUT2D eigenvalue weighted by molar-refractivity contribution is 0.262. The van der Waals surface area contributed by atoms with E-state index in [1.165, 1.54) is 0 Å². The number of carbonyl (C=O) groups is 1. The second kappa shape index (κ2) is 6.29. The molecule has 2 N–H and O–H groups in total. The molecule has 0 radical (unpaired) electrons. The Labute approximate surface area is 131 Å². The van der Waals surface area contributed by atoms with Gasteiger partial charge in [0.25, 0.3) is 0 Å². The predicted octanol–water partition coefficient (Wildman–Crippen LogP) is 5.36. The maximum Gasteiger partial charge on any atom is 0.323 e. The van der Waals surface area contributed by atoms with Gasteiger partial charge in [-0.05, 0) is 71.2 Å². The second-order valence-electron chi connectivity index (χ2n) is 4.52. The van der Waals surface area contributed by atoms with Gasteiger partial charge in [-0.15, -0.1) is 0 Å². The van der Waals surface area contributed by atoms with Crippen molar-refractivity contribution < 1.29 is 4.79 Å².